The van der Waals surface area contributed by atoms with Gasteiger partial charge in [-0.2, -0.15) is 0 Å². The number of hydrogen-bond acceptors (Lipinski definition) is 4. The molecule has 7 nitrogen and oxygen atoms in total. The molecule has 0 aliphatic carbocycles. The van der Waals surface area contributed by atoms with Gasteiger partial charge in [0.15, 0.2) is 0 Å². The molecule has 142 valence electrons. The summed E-state index contributed by atoms with van der Waals surface area (Å²) >= 11 is 0. The fourth-order valence-corrected chi connectivity index (χ4v) is 3.32. The van der Waals surface area contributed by atoms with Gasteiger partial charge in [-0.05, 0) is 44.6 Å². The Balaban J connectivity index is 2.04. The van der Waals surface area contributed by atoms with Crippen molar-refractivity contribution >= 4 is 17.8 Å². The van der Waals surface area contributed by atoms with E-state index in [-0.39, 0.29) is 18.5 Å². The van der Waals surface area contributed by atoms with Crippen molar-refractivity contribution in [3.05, 3.63) is 35.9 Å². The molecule has 1 fully saturated rings. The van der Waals surface area contributed by atoms with Crippen molar-refractivity contribution in [2.75, 3.05) is 6.54 Å². The van der Waals surface area contributed by atoms with Crippen LogP contribution in [0.3, 0.4) is 0 Å². The standard InChI is InChI=1S/C19H26N2O5/c1-13-6-5-9-15(18(24)21(13)12-17(22)23)20-16(19(25)26)11-10-14-7-3-2-4-8-14/h2-4,7-8,13,15-16,20H,5-6,9-12H2,1H3,(H,22,23)(H,25,26)/t13?,15-,16-/m0/s1. The minimum Gasteiger partial charge on any atom is -0.480 e. The predicted octanol–water partition coefficient (Wildman–Crippen LogP) is 1.52. The Morgan fingerprint density at radius 3 is 2.54 bits per heavy atom. The first kappa shape index (κ1) is 19.9. The zero-order chi connectivity index (χ0) is 19.1. The lowest BCUT2D eigenvalue weighted by molar-refractivity contribution is -0.147. The van der Waals surface area contributed by atoms with Gasteiger partial charge in [-0.15, -0.1) is 0 Å². The first-order valence-electron chi connectivity index (χ1n) is 8.93. The van der Waals surface area contributed by atoms with Gasteiger partial charge in [0, 0.05) is 6.04 Å². The SMILES string of the molecule is CC1CCC[C@H](N[C@@H](CCc2ccccc2)C(=O)O)C(=O)N1CC(=O)O. The highest BCUT2D eigenvalue weighted by atomic mass is 16.4. The van der Waals surface area contributed by atoms with Crippen LogP contribution >= 0.6 is 0 Å². The second-order valence-corrected chi connectivity index (χ2v) is 6.77. The number of nitrogens with zero attached hydrogens (tertiary/aromatic N) is 1. The molecular formula is C19H26N2O5. The summed E-state index contributed by atoms with van der Waals surface area (Å²) in [7, 11) is 0. The fraction of sp³-hybridized carbons (Fsp3) is 0.526. The van der Waals surface area contributed by atoms with Crippen LogP contribution in [0.2, 0.25) is 0 Å². The number of benzene rings is 1. The third-order valence-electron chi connectivity index (χ3n) is 4.80. The average Bonchev–Trinajstić information content (AvgIpc) is 2.72. The summed E-state index contributed by atoms with van der Waals surface area (Å²) in [4.78, 5) is 36.8. The van der Waals surface area contributed by atoms with E-state index in [2.05, 4.69) is 5.32 Å². The van der Waals surface area contributed by atoms with Gasteiger partial charge in [0.05, 0.1) is 6.04 Å². The number of hydrogen-bond donors (Lipinski definition) is 3. The number of carboxylic acids is 2. The zero-order valence-electron chi connectivity index (χ0n) is 14.9. The van der Waals surface area contributed by atoms with Crippen molar-refractivity contribution in [2.24, 2.45) is 0 Å². The Bertz CT molecular complexity index is 634. The number of nitrogens with one attached hydrogen (secondary N) is 1. The number of carbonyl (C=O) groups is 3. The first-order valence-corrected chi connectivity index (χ1v) is 8.93. The summed E-state index contributed by atoms with van der Waals surface area (Å²) < 4.78 is 0. The van der Waals surface area contributed by atoms with E-state index in [1.165, 1.54) is 4.90 Å². The van der Waals surface area contributed by atoms with E-state index in [4.69, 9.17) is 5.11 Å². The number of carbonyl (C=O) groups excluding carboxylic acids is 1. The second kappa shape index (κ2) is 9.33. The summed E-state index contributed by atoms with van der Waals surface area (Å²) in [6.07, 6.45) is 2.90. The van der Waals surface area contributed by atoms with Crippen LogP contribution in [-0.4, -0.2) is 57.6 Å². The molecule has 1 saturated heterocycles. The third kappa shape index (κ3) is 5.56. The zero-order valence-corrected chi connectivity index (χ0v) is 14.9. The molecule has 2 rings (SSSR count). The number of likely N-dealkylation sites (tertiary alicyclic amines) is 1. The predicted molar refractivity (Wildman–Crippen MR) is 95.8 cm³/mol. The molecule has 3 atom stereocenters. The van der Waals surface area contributed by atoms with Gasteiger partial charge in [-0.1, -0.05) is 30.3 Å². The molecule has 3 N–H and O–H groups in total. The lowest BCUT2D eigenvalue weighted by atomic mass is 10.0. The number of aryl methyl sites for hydroxylation is 1. The molecule has 0 saturated carbocycles. The molecule has 0 aromatic heterocycles. The molecule has 26 heavy (non-hydrogen) atoms. The van der Waals surface area contributed by atoms with Gasteiger partial charge in [0.1, 0.15) is 12.6 Å². The molecule has 7 heteroatoms. The van der Waals surface area contributed by atoms with Crippen LogP contribution < -0.4 is 5.32 Å². The highest BCUT2D eigenvalue weighted by molar-refractivity contribution is 5.86. The Kier molecular flexibility index (Phi) is 7.15. The van der Waals surface area contributed by atoms with Crippen molar-refractivity contribution in [1.29, 1.82) is 0 Å². The molecular weight excluding hydrogens is 336 g/mol. The third-order valence-corrected chi connectivity index (χ3v) is 4.80. The summed E-state index contributed by atoms with van der Waals surface area (Å²) in [6.45, 7) is 1.47. The van der Waals surface area contributed by atoms with Crippen molar-refractivity contribution in [2.45, 2.75) is 57.2 Å². The van der Waals surface area contributed by atoms with Crippen molar-refractivity contribution in [3.63, 3.8) is 0 Å². The molecule has 1 aliphatic heterocycles. The largest absolute Gasteiger partial charge is 0.480 e. The highest BCUT2D eigenvalue weighted by Crippen LogP contribution is 2.19. The monoisotopic (exact) mass is 362 g/mol. The molecule has 1 amide bonds. The number of amides is 1. The van der Waals surface area contributed by atoms with E-state index < -0.39 is 24.0 Å². The van der Waals surface area contributed by atoms with Crippen molar-refractivity contribution in [1.82, 2.24) is 10.2 Å². The molecule has 1 heterocycles. The van der Waals surface area contributed by atoms with Gasteiger partial charge in [-0.25, -0.2) is 0 Å². The maximum absolute atomic E-state index is 12.7. The van der Waals surface area contributed by atoms with Gasteiger partial charge in [-0.3, -0.25) is 19.7 Å². The van der Waals surface area contributed by atoms with E-state index in [0.717, 1.165) is 12.0 Å². The van der Waals surface area contributed by atoms with Crippen molar-refractivity contribution in [3.8, 4) is 0 Å². The average molecular weight is 362 g/mol. The van der Waals surface area contributed by atoms with Crippen molar-refractivity contribution < 1.29 is 24.6 Å². The van der Waals surface area contributed by atoms with Gasteiger partial charge in [0.25, 0.3) is 0 Å². The van der Waals surface area contributed by atoms with E-state index in [1.54, 1.807) is 0 Å². The quantitative estimate of drug-likeness (QED) is 0.647. The molecule has 1 unspecified atom stereocenters. The fourth-order valence-electron chi connectivity index (χ4n) is 3.32. The Morgan fingerprint density at radius 2 is 1.92 bits per heavy atom. The van der Waals surface area contributed by atoms with Crippen LogP contribution in [0.1, 0.15) is 38.2 Å². The lowest BCUT2D eigenvalue weighted by Crippen LogP contribution is -2.53. The molecule has 1 aliphatic rings. The highest BCUT2D eigenvalue weighted by Gasteiger charge is 2.34. The van der Waals surface area contributed by atoms with Gasteiger partial charge < -0.3 is 15.1 Å². The van der Waals surface area contributed by atoms with Crippen LogP contribution in [0.5, 0.6) is 0 Å². The van der Waals surface area contributed by atoms with Gasteiger partial charge in [0.2, 0.25) is 5.91 Å². The number of rotatable bonds is 8. The summed E-state index contributed by atoms with van der Waals surface area (Å²) in [5.74, 6) is -2.40. The van der Waals surface area contributed by atoms with E-state index in [1.807, 2.05) is 37.3 Å². The van der Waals surface area contributed by atoms with Crippen LogP contribution in [0.15, 0.2) is 30.3 Å². The first-order chi connectivity index (χ1) is 12.4. The second-order valence-electron chi connectivity index (χ2n) is 6.77. The van der Waals surface area contributed by atoms with E-state index >= 15 is 0 Å². The van der Waals surface area contributed by atoms with E-state index in [9.17, 15) is 19.5 Å². The number of carboxylic acid groups (broad SMARTS) is 2. The Hall–Kier alpha value is -2.41. The maximum Gasteiger partial charge on any atom is 0.323 e. The van der Waals surface area contributed by atoms with Crippen LogP contribution in [-0.2, 0) is 20.8 Å². The summed E-state index contributed by atoms with van der Waals surface area (Å²) in [5.41, 5.74) is 1.04. The maximum atomic E-state index is 12.7. The van der Waals surface area contributed by atoms with Crippen LogP contribution in [0.4, 0.5) is 0 Å². The molecule has 1 aromatic carbocycles. The normalized spacial score (nSPS) is 21.9. The van der Waals surface area contributed by atoms with Crippen LogP contribution in [0.25, 0.3) is 0 Å². The smallest absolute Gasteiger partial charge is 0.323 e. The summed E-state index contributed by atoms with van der Waals surface area (Å²) in [6, 6.07) is 7.88. The lowest BCUT2D eigenvalue weighted by Gasteiger charge is -2.29. The minimum absolute atomic E-state index is 0.169. The summed E-state index contributed by atoms with van der Waals surface area (Å²) in [5, 5.41) is 21.5. The van der Waals surface area contributed by atoms with Gasteiger partial charge >= 0.3 is 11.9 Å². The number of aliphatic carboxylic acids is 2. The van der Waals surface area contributed by atoms with E-state index in [0.29, 0.717) is 25.7 Å². The minimum atomic E-state index is -1.07. The molecule has 0 bridgehead atoms. The topological polar surface area (TPSA) is 107 Å². The molecule has 0 spiro atoms. The molecule has 0 radical (unpaired) electrons. The Labute approximate surface area is 153 Å². The van der Waals surface area contributed by atoms with Crippen LogP contribution in [0, 0.1) is 0 Å². The Morgan fingerprint density at radius 1 is 1.23 bits per heavy atom. The molecule has 1 aromatic rings.